The van der Waals surface area contributed by atoms with Crippen molar-refractivity contribution in [1.29, 1.82) is 0 Å². The number of amides is 1. The minimum Gasteiger partial charge on any atom is -0.409 e. The van der Waals surface area contributed by atoms with Crippen molar-refractivity contribution in [2.45, 2.75) is 12.8 Å². The number of nitrogens with one attached hydrogen (secondary N) is 1. The highest BCUT2D eigenvalue weighted by Gasteiger charge is 2.22. The van der Waals surface area contributed by atoms with Crippen molar-refractivity contribution in [1.82, 2.24) is 0 Å². The fraction of sp³-hybridized carbons (Fsp3) is 0.385. The maximum Gasteiger partial charge on any atom is 0.227 e. The van der Waals surface area contributed by atoms with Crippen molar-refractivity contribution in [2.24, 2.45) is 16.8 Å². The zero-order chi connectivity index (χ0) is 14.5. The molecule has 1 fully saturated rings. The summed E-state index contributed by atoms with van der Waals surface area (Å²) in [6, 6.07) is 4.80. The molecule has 0 bridgehead atoms. The summed E-state index contributed by atoms with van der Waals surface area (Å²) in [5, 5.41) is 14.6. The van der Waals surface area contributed by atoms with Crippen LogP contribution in [-0.4, -0.2) is 30.2 Å². The predicted molar refractivity (Wildman–Crippen MR) is 76.1 cm³/mol. The predicted octanol–water partition coefficient (Wildman–Crippen LogP) is 1.80. The third kappa shape index (κ3) is 3.40. The number of nitrogens with zero attached hydrogens (tertiary/aromatic N) is 1. The Balaban J connectivity index is 2.07. The summed E-state index contributed by atoms with van der Waals surface area (Å²) in [7, 11) is 0. The smallest absolute Gasteiger partial charge is 0.227 e. The van der Waals surface area contributed by atoms with Gasteiger partial charge in [-0.2, -0.15) is 0 Å². The molecule has 20 heavy (non-hydrogen) atoms. The van der Waals surface area contributed by atoms with Crippen LogP contribution in [0.5, 0.6) is 0 Å². The van der Waals surface area contributed by atoms with Gasteiger partial charge in [-0.1, -0.05) is 16.8 Å². The van der Waals surface area contributed by atoms with E-state index < -0.39 is 0 Å². The number of hydrogen-bond acceptors (Lipinski definition) is 4. The zero-order valence-electron chi connectivity index (χ0n) is 10.8. The molecule has 1 aliphatic heterocycles. The van der Waals surface area contributed by atoms with Gasteiger partial charge in [-0.25, -0.2) is 0 Å². The molecule has 0 unspecified atom stereocenters. The molecule has 1 saturated heterocycles. The molecule has 0 atom stereocenters. The van der Waals surface area contributed by atoms with Crippen molar-refractivity contribution >= 4 is 29.0 Å². The van der Waals surface area contributed by atoms with Gasteiger partial charge in [0.15, 0.2) is 5.84 Å². The number of halogens is 1. The number of ether oxygens (including phenoxy) is 1. The molecular weight excluding hydrogens is 282 g/mol. The summed E-state index contributed by atoms with van der Waals surface area (Å²) >= 11 is 6.08. The summed E-state index contributed by atoms with van der Waals surface area (Å²) in [4.78, 5) is 12.1. The highest BCUT2D eigenvalue weighted by Crippen LogP contribution is 2.25. The van der Waals surface area contributed by atoms with E-state index >= 15 is 0 Å². The molecule has 6 nitrogen and oxygen atoms in total. The van der Waals surface area contributed by atoms with Crippen molar-refractivity contribution in [3.05, 3.63) is 28.8 Å². The van der Waals surface area contributed by atoms with E-state index in [1.807, 2.05) is 0 Å². The summed E-state index contributed by atoms with van der Waals surface area (Å²) < 4.78 is 5.22. The lowest BCUT2D eigenvalue weighted by molar-refractivity contribution is -0.122. The quantitative estimate of drug-likeness (QED) is 0.343. The number of nitrogens with two attached hydrogens (primary N) is 1. The molecule has 1 aromatic rings. The van der Waals surface area contributed by atoms with Gasteiger partial charge in [-0.15, -0.1) is 0 Å². The van der Waals surface area contributed by atoms with Crippen molar-refractivity contribution in [3.63, 3.8) is 0 Å². The SMILES string of the molecule is N/C(=N/O)c1ccc(NC(=O)C2CCOCC2)c(Cl)c1. The van der Waals surface area contributed by atoms with E-state index in [1.54, 1.807) is 12.1 Å². The molecule has 1 aromatic carbocycles. The third-order valence-corrected chi connectivity index (χ3v) is 3.54. The van der Waals surface area contributed by atoms with Crippen LogP contribution in [-0.2, 0) is 9.53 Å². The van der Waals surface area contributed by atoms with Crippen LogP contribution in [0.1, 0.15) is 18.4 Å². The van der Waals surface area contributed by atoms with E-state index in [0.29, 0.717) is 42.3 Å². The van der Waals surface area contributed by atoms with Crippen molar-refractivity contribution < 1.29 is 14.7 Å². The minimum absolute atomic E-state index is 0.0331. The fourth-order valence-corrected chi connectivity index (χ4v) is 2.26. The first kappa shape index (κ1) is 14.6. The molecule has 1 aliphatic rings. The Hall–Kier alpha value is -1.79. The molecular formula is C13H16ClN3O3. The summed E-state index contributed by atoms with van der Waals surface area (Å²) in [5.41, 5.74) is 6.47. The van der Waals surface area contributed by atoms with Crippen LogP contribution < -0.4 is 11.1 Å². The summed E-state index contributed by atoms with van der Waals surface area (Å²) in [6.45, 7) is 1.21. The van der Waals surface area contributed by atoms with Crippen molar-refractivity contribution in [2.75, 3.05) is 18.5 Å². The number of rotatable bonds is 3. The van der Waals surface area contributed by atoms with Crippen LogP contribution in [0.2, 0.25) is 5.02 Å². The van der Waals surface area contributed by atoms with Gasteiger partial charge in [0.05, 0.1) is 10.7 Å². The highest BCUT2D eigenvalue weighted by molar-refractivity contribution is 6.34. The molecule has 0 saturated carbocycles. The van der Waals surface area contributed by atoms with Gasteiger partial charge in [0.25, 0.3) is 0 Å². The van der Waals surface area contributed by atoms with E-state index in [-0.39, 0.29) is 17.7 Å². The molecule has 7 heteroatoms. The lowest BCUT2D eigenvalue weighted by Crippen LogP contribution is -2.28. The molecule has 0 spiro atoms. The fourth-order valence-electron chi connectivity index (χ4n) is 2.03. The average Bonchev–Trinajstić information content (AvgIpc) is 2.49. The van der Waals surface area contributed by atoms with Crippen molar-refractivity contribution in [3.8, 4) is 0 Å². The van der Waals surface area contributed by atoms with Gasteiger partial charge in [0.2, 0.25) is 5.91 Å². The van der Waals surface area contributed by atoms with Gasteiger partial charge in [0, 0.05) is 24.7 Å². The molecule has 4 N–H and O–H groups in total. The van der Waals surface area contributed by atoms with Crippen LogP contribution >= 0.6 is 11.6 Å². The van der Waals surface area contributed by atoms with Crippen LogP contribution in [0, 0.1) is 5.92 Å². The molecule has 1 heterocycles. The van der Waals surface area contributed by atoms with Gasteiger partial charge < -0.3 is 21.0 Å². The Morgan fingerprint density at radius 2 is 2.15 bits per heavy atom. The van der Waals surface area contributed by atoms with Crippen LogP contribution in [0.4, 0.5) is 5.69 Å². The first-order valence-corrected chi connectivity index (χ1v) is 6.65. The number of benzene rings is 1. The first-order chi connectivity index (χ1) is 9.61. The second-order valence-electron chi connectivity index (χ2n) is 4.56. The maximum absolute atomic E-state index is 12.1. The second kappa shape index (κ2) is 6.58. The number of carbonyl (C=O) groups excluding carboxylic acids is 1. The molecule has 0 aromatic heterocycles. The van der Waals surface area contributed by atoms with Crippen LogP contribution in [0.25, 0.3) is 0 Å². The van der Waals surface area contributed by atoms with E-state index in [0.717, 1.165) is 0 Å². The van der Waals surface area contributed by atoms with Gasteiger partial charge in [-0.05, 0) is 31.0 Å². The Morgan fingerprint density at radius 3 is 2.75 bits per heavy atom. The largest absolute Gasteiger partial charge is 0.409 e. The van der Waals surface area contributed by atoms with E-state index in [1.165, 1.54) is 6.07 Å². The van der Waals surface area contributed by atoms with Gasteiger partial charge >= 0.3 is 0 Å². The Labute approximate surface area is 121 Å². The van der Waals surface area contributed by atoms with Gasteiger partial charge in [0.1, 0.15) is 0 Å². The lowest BCUT2D eigenvalue weighted by Gasteiger charge is -2.21. The zero-order valence-corrected chi connectivity index (χ0v) is 11.6. The van der Waals surface area contributed by atoms with E-state index in [2.05, 4.69) is 10.5 Å². The normalized spacial score (nSPS) is 16.9. The van der Waals surface area contributed by atoms with Crippen LogP contribution in [0.15, 0.2) is 23.4 Å². The van der Waals surface area contributed by atoms with Gasteiger partial charge in [-0.3, -0.25) is 4.79 Å². The standard InChI is InChI=1S/C13H16ClN3O3/c14-10-7-9(12(15)17-19)1-2-11(10)16-13(18)8-3-5-20-6-4-8/h1-2,7-8,19H,3-6H2,(H2,15,17)(H,16,18). The first-order valence-electron chi connectivity index (χ1n) is 6.28. The summed E-state index contributed by atoms with van der Waals surface area (Å²) in [6.07, 6.45) is 1.43. The topological polar surface area (TPSA) is 96.9 Å². The van der Waals surface area contributed by atoms with Crippen LogP contribution in [0.3, 0.4) is 0 Å². The summed E-state index contributed by atoms with van der Waals surface area (Å²) in [5.74, 6) is -0.149. The number of oxime groups is 1. The monoisotopic (exact) mass is 297 g/mol. The minimum atomic E-state index is -0.0632. The number of anilines is 1. The third-order valence-electron chi connectivity index (χ3n) is 3.22. The maximum atomic E-state index is 12.1. The molecule has 2 rings (SSSR count). The molecule has 0 aliphatic carbocycles. The number of amidine groups is 1. The Morgan fingerprint density at radius 1 is 1.45 bits per heavy atom. The molecule has 1 amide bonds. The van der Waals surface area contributed by atoms with E-state index in [4.69, 9.17) is 27.3 Å². The number of hydrogen-bond donors (Lipinski definition) is 3. The average molecular weight is 298 g/mol. The van der Waals surface area contributed by atoms with E-state index in [9.17, 15) is 4.79 Å². The number of carbonyl (C=O) groups is 1. The molecule has 0 radical (unpaired) electrons. The Kier molecular flexibility index (Phi) is 4.81. The highest BCUT2D eigenvalue weighted by atomic mass is 35.5. The lowest BCUT2D eigenvalue weighted by atomic mass is 9.99. The molecule has 108 valence electrons. The Bertz CT molecular complexity index is 528. The second-order valence-corrected chi connectivity index (χ2v) is 4.96.